The van der Waals surface area contributed by atoms with Crippen LogP contribution in [0.1, 0.15) is 42.3 Å². The molecule has 0 aliphatic heterocycles. The highest BCUT2D eigenvalue weighted by molar-refractivity contribution is 9.10. The van der Waals surface area contributed by atoms with Crippen LogP contribution >= 0.6 is 15.9 Å². The Bertz CT molecular complexity index is 1740. The fraction of sp³-hybridized carbons (Fsp3) is 0.273. The second kappa shape index (κ2) is 14.8. The highest BCUT2D eigenvalue weighted by atomic mass is 79.9. The molecular formula is C33H35BrN6O5. The number of benzene rings is 2. The highest BCUT2D eigenvalue weighted by Crippen LogP contribution is 2.27. The van der Waals surface area contributed by atoms with Crippen LogP contribution in [0.2, 0.25) is 0 Å². The number of alkyl carbamates (subject to hydrolysis) is 1. The van der Waals surface area contributed by atoms with Crippen LogP contribution in [0.15, 0.2) is 87.3 Å². The SMILES string of the molecule is COC(=O)c1c(Br)cccc1C=Nc1c(-c2ccncc2)nc(NC[C@@H](Cc2ccccc2)NC(=O)OC(C)(C)C)n(C)c1=O. The zero-order valence-electron chi connectivity index (χ0n) is 25.7. The fourth-order valence-electron chi connectivity index (χ4n) is 4.44. The number of hydrogen-bond donors (Lipinski definition) is 2. The number of halogens is 1. The minimum atomic E-state index is -0.663. The van der Waals surface area contributed by atoms with E-state index in [0.29, 0.717) is 27.7 Å². The summed E-state index contributed by atoms with van der Waals surface area (Å²) in [5.41, 5.74) is 1.66. The van der Waals surface area contributed by atoms with Gasteiger partial charge in [-0.25, -0.2) is 19.6 Å². The third-order valence-electron chi connectivity index (χ3n) is 6.54. The van der Waals surface area contributed by atoms with Gasteiger partial charge in [-0.05, 0) is 66.9 Å². The molecule has 0 bridgehead atoms. The summed E-state index contributed by atoms with van der Waals surface area (Å²) < 4.78 is 12.3. The first-order chi connectivity index (χ1) is 21.5. The van der Waals surface area contributed by atoms with E-state index in [4.69, 9.17) is 14.5 Å². The molecule has 12 heteroatoms. The topological polar surface area (TPSA) is 137 Å². The van der Waals surface area contributed by atoms with Gasteiger partial charge in [0.25, 0.3) is 5.56 Å². The average Bonchev–Trinajstić information content (AvgIpc) is 3.00. The molecule has 2 aromatic carbocycles. The van der Waals surface area contributed by atoms with Gasteiger partial charge in [0.15, 0.2) is 5.69 Å². The number of amides is 1. The molecule has 0 unspecified atom stereocenters. The summed E-state index contributed by atoms with van der Waals surface area (Å²) >= 11 is 3.39. The first-order valence-electron chi connectivity index (χ1n) is 14.2. The minimum Gasteiger partial charge on any atom is -0.465 e. The van der Waals surface area contributed by atoms with Gasteiger partial charge in [-0.3, -0.25) is 14.3 Å². The molecule has 2 N–H and O–H groups in total. The van der Waals surface area contributed by atoms with Crippen LogP contribution in [-0.4, -0.2) is 58.1 Å². The van der Waals surface area contributed by atoms with E-state index < -0.39 is 29.3 Å². The van der Waals surface area contributed by atoms with Gasteiger partial charge in [0, 0.05) is 47.8 Å². The lowest BCUT2D eigenvalue weighted by molar-refractivity contribution is 0.0506. The average molecular weight is 676 g/mol. The van der Waals surface area contributed by atoms with E-state index in [-0.39, 0.29) is 23.7 Å². The molecule has 45 heavy (non-hydrogen) atoms. The van der Waals surface area contributed by atoms with Crippen molar-refractivity contribution < 1.29 is 19.1 Å². The first-order valence-corrected chi connectivity index (χ1v) is 15.0. The van der Waals surface area contributed by atoms with Crippen molar-refractivity contribution >= 4 is 45.8 Å². The lowest BCUT2D eigenvalue weighted by atomic mass is 10.1. The molecule has 0 saturated heterocycles. The van der Waals surface area contributed by atoms with Crippen molar-refractivity contribution in [3.05, 3.63) is 105 Å². The summed E-state index contributed by atoms with van der Waals surface area (Å²) in [6, 6.07) is 18.0. The number of nitrogens with one attached hydrogen (secondary N) is 2. The van der Waals surface area contributed by atoms with Crippen molar-refractivity contribution in [2.24, 2.45) is 12.0 Å². The predicted molar refractivity (Wildman–Crippen MR) is 177 cm³/mol. The summed E-state index contributed by atoms with van der Waals surface area (Å²) in [6.07, 6.45) is 4.59. The van der Waals surface area contributed by atoms with Gasteiger partial charge in [-0.1, -0.05) is 42.5 Å². The Balaban J connectivity index is 1.70. The Morgan fingerprint density at radius 2 is 1.78 bits per heavy atom. The number of carbonyl (C=O) groups excluding carboxylic acids is 2. The quantitative estimate of drug-likeness (QED) is 0.162. The molecule has 4 aromatic rings. The van der Waals surface area contributed by atoms with E-state index in [0.717, 1.165) is 5.56 Å². The van der Waals surface area contributed by atoms with Gasteiger partial charge in [-0.2, -0.15) is 0 Å². The van der Waals surface area contributed by atoms with Gasteiger partial charge in [0.05, 0.1) is 18.7 Å². The van der Waals surface area contributed by atoms with E-state index >= 15 is 0 Å². The van der Waals surface area contributed by atoms with Crippen LogP contribution in [0, 0.1) is 0 Å². The second-order valence-electron chi connectivity index (χ2n) is 11.1. The number of nitrogens with zero attached hydrogens (tertiary/aromatic N) is 4. The molecular weight excluding hydrogens is 640 g/mol. The maximum absolute atomic E-state index is 13.8. The van der Waals surface area contributed by atoms with Crippen LogP contribution in [0.4, 0.5) is 16.4 Å². The Kier molecular flexibility index (Phi) is 10.8. The summed E-state index contributed by atoms with van der Waals surface area (Å²) in [7, 11) is 2.88. The highest BCUT2D eigenvalue weighted by Gasteiger charge is 2.22. The number of hydrogen-bond acceptors (Lipinski definition) is 9. The molecule has 0 aliphatic rings. The summed E-state index contributed by atoms with van der Waals surface area (Å²) in [4.78, 5) is 52.3. The molecule has 11 nitrogen and oxygen atoms in total. The Labute approximate surface area is 269 Å². The van der Waals surface area contributed by atoms with Crippen LogP contribution in [-0.2, 0) is 22.9 Å². The molecule has 4 rings (SSSR count). The van der Waals surface area contributed by atoms with Crippen LogP contribution in [0.3, 0.4) is 0 Å². The number of aromatic nitrogens is 3. The predicted octanol–water partition coefficient (Wildman–Crippen LogP) is 5.69. The second-order valence-corrected chi connectivity index (χ2v) is 12.0. The third-order valence-corrected chi connectivity index (χ3v) is 7.20. The Morgan fingerprint density at radius 3 is 2.44 bits per heavy atom. The van der Waals surface area contributed by atoms with E-state index in [1.165, 1.54) is 17.9 Å². The summed E-state index contributed by atoms with van der Waals surface area (Å²) in [5.74, 6) is -0.276. The van der Waals surface area contributed by atoms with Gasteiger partial charge in [0.1, 0.15) is 11.3 Å². The number of anilines is 1. The Morgan fingerprint density at radius 1 is 1.07 bits per heavy atom. The smallest absolute Gasteiger partial charge is 0.407 e. The number of rotatable bonds is 10. The van der Waals surface area contributed by atoms with Gasteiger partial charge in [-0.15, -0.1) is 0 Å². The van der Waals surface area contributed by atoms with Crippen molar-refractivity contribution in [1.29, 1.82) is 0 Å². The van der Waals surface area contributed by atoms with Crippen LogP contribution in [0.25, 0.3) is 11.3 Å². The van der Waals surface area contributed by atoms with Crippen molar-refractivity contribution in [2.45, 2.75) is 38.8 Å². The largest absolute Gasteiger partial charge is 0.465 e. The molecule has 1 amide bonds. The number of aliphatic imine (C=N–C) groups is 1. The molecule has 0 aliphatic carbocycles. The minimum absolute atomic E-state index is 0.0674. The van der Waals surface area contributed by atoms with Crippen molar-refractivity contribution in [2.75, 3.05) is 19.0 Å². The first kappa shape index (κ1) is 33.1. The number of esters is 1. The van der Waals surface area contributed by atoms with Crippen molar-refractivity contribution in [1.82, 2.24) is 19.9 Å². The van der Waals surface area contributed by atoms with Gasteiger partial charge >= 0.3 is 12.1 Å². The summed E-state index contributed by atoms with van der Waals surface area (Å²) in [6.45, 7) is 5.64. The number of methoxy groups -OCH3 is 1. The summed E-state index contributed by atoms with van der Waals surface area (Å²) in [5, 5.41) is 6.17. The molecule has 1 atom stereocenters. The number of carbonyl (C=O) groups is 2. The zero-order valence-corrected chi connectivity index (χ0v) is 27.3. The molecule has 0 saturated carbocycles. The lowest BCUT2D eigenvalue weighted by Crippen LogP contribution is -2.44. The lowest BCUT2D eigenvalue weighted by Gasteiger charge is -2.24. The van der Waals surface area contributed by atoms with E-state index in [2.05, 4.69) is 36.5 Å². The maximum Gasteiger partial charge on any atom is 0.407 e. The van der Waals surface area contributed by atoms with E-state index in [9.17, 15) is 14.4 Å². The molecule has 2 aromatic heterocycles. The molecule has 0 radical (unpaired) electrons. The monoisotopic (exact) mass is 674 g/mol. The van der Waals surface area contributed by atoms with Gasteiger partial charge in [0.2, 0.25) is 5.95 Å². The van der Waals surface area contributed by atoms with Crippen molar-refractivity contribution in [3.63, 3.8) is 0 Å². The van der Waals surface area contributed by atoms with E-state index in [1.54, 1.807) is 70.5 Å². The Hall–Kier alpha value is -4.84. The van der Waals surface area contributed by atoms with Crippen LogP contribution < -0.4 is 16.2 Å². The normalized spacial score (nSPS) is 12.0. The molecule has 0 spiro atoms. The zero-order chi connectivity index (χ0) is 32.6. The fourth-order valence-corrected chi connectivity index (χ4v) is 4.98. The van der Waals surface area contributed by atoms with E-state index in [1.807, 2.05) is 30.3 Å². The third kappa shape index (κ3) is 8.85. The van der Waals surface area contributed by atoms with Gasteiger partial charge < -0.3 is 20.1 Å². The molecule has 0 fully saturated rings. The molecule has 2 heterocycles. The standard InChI is InChI=1S/C33H35BrN6O5/c1-33(2,3)45-32(43)38-24(18-21-10-7-6-8-11-21)20-37-31-39-27(22-14-16-35-17-15-22)28(29(41)40(31)4)36-19-23-12-9-13-25(34)26(23)30(42)44-5/h6-17,19,24H,18,20H2,1-5H3,(H,37,39)(H,38,43)/t24-/m1/s1. The molecule has 234 valence electrons. The van der Waals surface area contributed by atoms with Crippen molar-refractivity contribution in [3.8, 4) is 11.3 Å². The maximum atomic E-state index is 13.8. The van der Waals surface area contributed by atoms with Crippen LogP contribution in [0.5, 0.6) is 0 Å². The number of pyridine rings is 1. The number of ether oxygens (including phenoxy) is 2.